The molecule has 1 saturated heterocycles. The number of carbonyl (C=O) groups is 1. The molecule has 3 atom stereocenters. The van der Waals surface area contributed by atoms with Gasteiger partial charge in [0.1, 0.15) is 0 Å². The lowest BCUT2D eigenvalue weighted by atomic mass is 9.92. The predicted octanol–water partition coefficient (Wildman–Crippen LogP) is 3.04. The Labute approximate surface area is 105 Å². The predicted molar refractivity (Wildman–Crippen MR) is 67.6 cm³/mol. The quantitative estimate of drug-likeness (QED) is 0.767. The molecule has 0 spiro atoms. The molecule has 4 heteroatoms. The van der Waals surface area contributed by atoms with Gasteiger partial charge in [-0.1, -0.05) is 6.92 Å². The van der Waals surface area contributed by atoms with Crippen molar-refractivity contribution in [1.82, 2.24) is 4.90 Å². The zero-order valence-electron chi connectivity index (χ0n) is 10.2. The van der Waals surface area contributed by atoms with Crippen LogP contribution in [0.25, 0.3) is 0 Å². The fourth-order valence-corrected chi connectivity index (χ4v) is 4.39. The second kappa shape index (κ2) is 4.02. The van der Waals surface area contributed by atoms with Gasteiger partial charge < -0.3 is 9.64 Å². The van der Waals surface area contributed by atoms with Gasteiger partial charge in [0.25, 0.3) is 0 Å². The summed E-state index contributed by atoms with van der Waals surface area (Å²) in [5.41, 5.74) is 1.51. The summed E-state index contributed by atoms with van der Waals surface area (Å²) in [6.07, 6.45) is -0.146. The van der Waals surface area contributed by atoms with Crippen molar-refractivity contribution in [3.05, 3.63) is 21.9 Å². The zero-order valence-corrected chi connectivity index (χ0v) is 11.0. The number of carbonyl (C=O) groups excluding carboxylic acids is 1. The van der Waals surface area contributed by atoms with Crippen LogP contribution in [0.4, 0.5) is 4.79 Å². The van der Waals surface area contributed by atoms with Crippen molar-refractivity contribution in [3.63, 3.8) is 0 Å². The molecule has 1 aromatic heterocycles. The summed E-state index contributed by atoms with van der Waals surface area (Å²) in [4.78, 5) is 15.1. The highest BCUT2D eigenvalue weighted by Crippen LogP contribution is 2.52. The average molecular weight is 251 g/mol. The summed E-state index contributed by atoms with van der Waals surface area (Å²) >= 11 is 1.84. The maximum atomic E-state index is 11.7. The monoisotopic (exact) mass is 251 g/mol. The second-order valence-electron chi connectivity index (χ2n) is 4.90. The molecule has 0 radical (unpaired) electrons. The van der Waals surface area contributed by atoms with Crippen molar-refractivity contribution < 1.29 is 9.53 Å². The van der Waals surface area contributed by atoms with Crippen molar-refractivity contribution in [1.29, 1.82) is 0 Å². The number of rotatable bonds is 1. The number of ether oxygens (including phenoxy) is 1. The number of amides is 1. The summed E-state index contributed by atoms with van der Waals surface area (Å²) < 4.78 is 5.09. The van der Waals surface area contributed by atoms with E-state index in [0.717, 1.165) is 13.1 Å². The van der Waals surface area contributed by atoms with E-state index in [0.29, 0.717) is 24.4 Å². The van der Waals surface area contributed by atoms with Crippen molar-refractivity contribution in [2.24, 2.45) is 5.92 Å². The van der Waals surface area contributed by atoms with Crippen molar-refractivity contribution in [3.8, 4) is 0 Å². The summed E-state index contributed by atoms with van der Waals surface area (Å²) in [5.74, 6) is 1.73. The molecule has 0 bridgehead atoms. The fraction of sp³-hybridized carbons (Fsp3) is 0.615. The van der Waals surface area contributed by atoms with Crippen LogP contribution in [0.15, 0.2) is 11.4 Å². The Hall–Kier alpha value is -1.03. The third kappa shape index (κ3) is 1.58. The molecular weight excluding hydrogens is 234 g/mol. The van der Waals surface area contributed by atoms with Crippen LogP contribution < -0.4 is 0 Å². The van der Waals surface area contributed by atoms with E-state index >= 15 is 0 Å². The van der Waals surface area contributed by atoms with Crippen molar-refractivity contribution in [2.45, 2.75) is 25.7 Å². The number of thiophene rings is 1. The smallest absolute Gasteiger partial charge is 0.409 e. The first kappa shape index (κ1) is 11.1. The van der Waals surface area contributed by atoms with E-state index in [9.17, 15) is 4.79 Å². The molecule has 17 heavy (non-hydrogen) atoms. The van der Waals surface area contributed by atoms with Crippen LogP contribution in [0.3, 0.4) is 0 Å². The number of hydrogen-bond donors (Lipinski definition) is 0. The Balaban J connectivity index is 1.80. The number of likely N-dealkylation sites (tertiary alicyclic amines) is 1. The normalized spacial score (nSPS) is 30.2. The summed E-state index contributed by atoms with van der Waals surface area (Å²) in [5, 5.41) is 2.17. The van der Waals surface area contributed by atoms with Gasteiger partial charge in [-0.2, -0.15) is 0 Å². The molecule has 2 heterocycles. The zero-order chi connectivity index (χ0) is 12.0. The largest absolute Gasteiger partial charge is 0.450 e. The van der Waals surface area contributed by atoms with E-state index in [1.807, 2.05) is 23.2 Å². The van der Waals surface area contributed by atoms with Crippen LogP contribution in [0.1, 0.15) is 36.1 Å². The summed E-state index contributed by atoms with van der Waals surface area (Å²) in [7, 11) is 0. The highest BCUT2D eigenvalue weighted by atomic mass is 32.1. The van der Waals surface area contributed by atoms with Crippen LogP contribution in [0.5, 0.6) is 0 Å². The third-order valence-corrected chi connectivity index (χ3v) is 5.15. The van der Waals surface area contributed by atoms with Crippen LogP contribution in [0, 0.1) is 5.92 Å². The minimum atomic E-state index is -0.146. The molecule has 3 nitrogen and oxygen atoms in total. The van der Waals surface area contributed by atoms with Gasteiger partial charge in [0.2, 0.25) is 0 Å². The molecule has 1 aromatic rings. The van der Waals surface area contributed by atoms with Gasteiger partial charge in [0.05, 0.1) is 6.61 Å². The van der Waals surface area contributed by atoms with E-state index < -0.39 is 0 Å². The van der Waals surface area contributed by atoms with Gasteiger partial charge in [-0.05, 0) is 35.8 Å². The van der Waals surface area contributed by atoms with Gasteiger partial charge >= 0.3 is 6.09 Å². The van der Waals surface area contributed by atoms with Gasteiger partial charge in [0.15, 0.2) is 0 Å². The van der Waals surface area contributed by atoms with E-state index in [1.165, 1.54) is 10.4 Å². The maximum Gasteiger partial charge on any atom is 0.409 e. The number of nitrogens with zero attached hydrogens (tertiary/aromatic N) is 1. The highest BCUT2D eigenvalue weighted by molar-refractivity contribution is 7.10. The van der Waals surface area contributed by atoms with E-state index in [2.05, 4.69) is 18.4 Å². The van der Waals surface area contributed by atoms with Gasteiger partial charge in [-0.3, -0.25) is 0 Å². The lowest BCUT2D eigenvalue weighted by molar-refractivity contribution is 0.113. The summed E-state index contributed by atoms with van der Waals surface area (Å²) in [6.45, 7) is 6.29. The molecule has 0 aromatic carbocycles. The molecule has 3 rings (SSSR count). The average Bonchev–Trinajstić information content (AvgIpc) is 2.97. The van der Waals surface area contributed by atoms with E-state index in [-0.39, 0.29) is 6.09 Å². The molecule has 0 saturated carbocycles. The Kier molecular flexibility index (Phi) is 2.62. The Bertz CT molecular complexity index is 442. The van der Waals surface area contributed by atoms with Crippen LogP contribution in [0.2, 0.25) is 0 Å². The first-order valence-electron chi connectivity index (χ1n) is 6.21. The molecule has 1 aliphatic heterocycles. The van der Waals surface area contributed by atoms with Crippen LogP contribution in [-0.2, 0) is 4.74 Å². The number of fused-ring (bicyclic) bond motifs is 3. The van der Waals surface area contributed by atoms with Crippen molar-refractivity contribution in [2.75, 3.05) is 19.7 Å². The molecule has 3 unspecified atom stereocenters. The Morgan fingerprint density at radius 2 is 2.41 bits per heavy atom. The Morgan fingerprint density at radius 3 is 3.18 bits per heavy atom. The first-order valence-corrected chi connectivity index (χ1v) is 7.09. The highest BCUT2D eigenvalue weighted by Gasteiger charge is 2.46. The van der Waals surface area contributed by atoms with Gasteiger partial charge in [-0.15, -0.1) is 11.3 Å². The lowest BCUT2D eigenvalue weighted by Crippen LogP contribution is -2.30. The Morgan fingerprint density at radius 1 is 1.59 bits per heavy atom. The topological polar surface area (TPSA) is 29.5 Å². The number of hydrogen-bond acceptors (Lipinski definition) is 3. The van der Waals surface area contributed by atoms with Crippen molar-refractivity contribution >= 4 is 17.4 Å². The molecule has 92 valence electrons. The maximum absolute atomic E-state index is 11.7. The first-order chi connectivity index (χ1) is 8.22. The van der Waals surface area contributed by atoms with Gasteiger partial charge in [-0.25, -0.2) is 4.79 Å². The minimum Gasteiger partial charge on any atom is -0.450 e. The fourth-order valence-electron chi connectivity index (χ4n) is 3.22. The lowest BCUT2D eigenvalue weighted by Gasteiger charge is -2.18. The van der Waals surface area contributed by atoms with Crippen LogP contribution in [-0.4, -0.2) is 30.7 Å². The molecular formula is C13H17NO2S. The third-order valence-electron chi connectivity index (χ3n) is 4.09. The molecule has 1 aliphatic carbocycles. The standard InChI is InChI=1S/C13H17NO2S/c1-3-16-13(15)14-6-10-8(2)9-4-5-17-12(9)11(10)7-14/h4-5,8,10-11H,3,6-7H2,1-2H3. The molecule has 1 amide bonds. The molecule has 0 N–H and O–H groups in total. The molecule has 2 aliphatic rings. The molecule has 1 fully saturated rings. The second-order valence-corrected chi connectivity index (χ2v) is 5.85. The van der Waals surface area contributed by atoms with E-state index in [1.54, 1.807) is 0 Å². The van der Waals surface area contributed by atoms with Gasteiger partial charge in [0, 0.05) is 23.9 Å². The van der Waals surface area contributed by atoms with E-state index in [4.69, 9.17) is 4.74 Å². The minimum absolute atomic E-state index is 0.146. The SMILES string of the molecule is CCOC(=O)N1CC2c3sccc3C(C)C2C1. The summed E-state index contributed by atoms with van der Waals surface area (Å²) in [6, 6.07) is 2.25. The van der Waals surface area contributed by atoms with Crippen LogP contribution >= 0.6 is 11.3 Å².